The predicted octanol–water partition coefficient (Wildman–Crippen LogP) is 3.78. The maximum atomic E-state index is 12.7. The lowest BCUT2D eigenvalue weighted by Crippen LogP contribution is -2.33. The topological polar surface area (TPSA) is 53.9 Å². The standard InChI is InChI=1S/C15H16N4OS3/c1-2-18(9-11-5-3-7-22-11)13(20)10-19-14(16-17-15(19)21)12-6-4-8-23-12/h3-8H,2,9-10H2,1H3,(H,17,21). The molecule has 0 aliphatic rings. The molecule has 0 saturated heterocycles. The molecule has 0 atom stereocenters. The van der Waals surface area contributed by atoms with Crippen molar-refractivity contribution in [1.82, 2.24) is 19.7 Å². The van der Waals surface area contributed by atoms with Gasteiger partial charge in [0.25, 0.3) is 0 Å². The lowest BCUT2D eigenvalue weighted by molar-refractivity contribution is -0.132. The molecule has 8 heteroatoms. The fraction of sp³-hybridized carbons (Fsp3) is 0.267. The number of amides is 1. The monoisotopic (exact) mass is 364 g/mol. The summed E-state index contributed by atoms with van der Waals surface area (Å²) in [6.45, 7) is 3.48. The summed E-state index contributed by atoms with van der Waals surface area (Å²) < 4.78 is 2.23. The first kappa shape index (κ1) is 16.1. The van der Waals surface area contributed by atoms with Gasteiger partial charge in [0.1, 0.15) is 6.54 Å². The van der Waals surface area contributed by atoms with E-state index in [0.717, 1.165) is 4.88 Å². The van der Waals surface area contributed by atoms with Gasteiger partial charge < -0.3 is 4.90 Å². The number of nitrogens with zero attached hydrogens (tertiary/aromatic N) is 3. The zero-order chi connectivity index (χ0) is 16.2. The van der Waals surface area contributed by atoms with Gasteiger partial charge in [0.05, 0.1) is 11.4 Å². The fourth-order valence-electron chi connectivity index (χ4n) is 2.26. The molecule has 120 valence electrons. The third kappa shape index (κ3) is 3.60. The molecule has 0 radical (unpaired) electrons. The number of H-pyrrole nitrogens is 1. The Morgan fingerprint density at radius 1 is 1.35 bits per heavy atom. The second kappa shape index (κ2) is 7.20. The zero-order valence-electron chi connectivity index (χ0n) is 12.6. The van der Waals surface area contributed by atoms with Crippen LogP contribution in [0.2, 0.25) is 0 Å². The molecule has 0 fully saturated rings. The summed E-state index contributed by atoms with van der Waals surface area (Å²) in [5.41, 5.74) is 0. The molecule has 0 aliphatic carbocycles. The summed E-state index contributed by atoms with van der Waals surface area (Å²) in [5.74, 6) is 0.752. The van der Waals surface area contributed by atoms with Gasteiger partial charge in [-0.2, -0.15) is 5.10 Å². The molecular weight excluding hydrogens is 348 g/mol. The first-order valence-corrected chi connectivity index (χ1v) is 9.35. The van der Waals surface area contributed by atoms with E-state index in [0.29, 0.717) is 23.7 Å². The second-order valence-electron chi connectivity index (χ2n) is 4.90. The van der Waals surface area contributed by atoms with Gasteiger partial charge in [0.15, 0.2) is 10.6 Å². The van der Waals surface area contributed by atoms with Crippen LogP contribution in [-0.2, 0) is 17.9 Å². The van der Waals surface area contributed by atoms with Crippen molar-refractivity contribution in [3.05, 3.63) is 44.7 Å². The van der Waals surface area contributed by atoms with Gasteiger partial charge >= 0.3 is 0 Å². The van der Waals surface area contributed by atoms with Crippen molar-refractivity contribution >= 4 is 40.8 Å². The SMILES string of the molecule is CCN(Cc1cccs1)C(=O)Cn1c(-c2cccs2)n[nH]c1=S. The molecule has 0 spiro atoms. The number of carbonyl (C=O) groups excluding carboxylic acids is 1. The molecular formula is C15H16N4OS3. The van der Waals surface area contributed by atoms with Crippen molar-refractivity contribution in [3.63, 3.8) is 0 Å². The number of rotatable bonds is 6. The van der Waals surface area contributed by atoms with Crippen molar-refractivity contribution in [2.24, 2.45) is 0 Å². The molecule has 0 saturated carbocycles. The molecule has 3 aromatic heterocycles. The molecule has 3 rings (SSSR count). The Morgan fingerprint density at radius 2 is 2.13 bits per heavy atom. The Hall–Kier alpha value is -1.77. The summed E-state index contributed by atoms with van der Waals surface area (Å²) in [4.78, 5) is 16.7. The van der Waals surface area contributed by atoms with Crippen molar-refractivity contribution in [2.45, 2.75) is 20.0 Å². The molecule has 3 heterocycles. The van der Waals surface area contributed by atoms with E-state index in [4.69, 9.17) is 12.2 Å². The third-order valence-electron chi connectivity index (χ3n) is 3.45. The Bertz CT molecular complexity index is 817. The van der Waals surface area contributed by atoms with Crippen LogP contribution >= 0.6 is 34.9 Å². The lowest BCUT2D eigenvalue weighted by Gasteiger charge is -2.20. The summed E-state index contributed by atoms with van der Waals surface area (Å²) >= 11 is 8.52. The van der Waals surface area contributed by atoms with Crippen LogP contribution in [-0.4, -0.2) is 32.1 Å². The normalized spacial score (nSPS) is 10.8. The molecule has 23 heavy (non-hydrogen) atoms. The van der Waals surface area contributed by atoms with Crippen LogP contribution in [0.5, 0.6) is 0 Å². The Morgan fingerprint density at radius 3 is 2.78 bits per heavy atom. The van der Waals surface area contributed by atoms with E-state index in [9.17, 15) is 4.79 Å². The van der Waals surface area contributed by atoms with E-state index in [1.165, 1.54) is 4.88 Å². The number of thiophene rings is 2. The molecule has 3 aromatic rings. The Kier molecular flexibility index (Phi) is 5.04. The van der Waals surface area contributed by atoms with E-state index >= 15 is 0 Å². The highest BCUT2D eigenvalue weighted by Crippen LogP contribution is 2.23. The number of hydrogen-bond donors (Lipinski definition) is 1. The Labute approximate surface area is 147 Å². The quantitative estimate of drug-likeness (QED) is 0.677. The summed E-state index contributed by atoms with van der Waals surface area (Å²) in [7, 11) is 0. The third-order valence-corrected chi connectivity index (χ3v) is 5.49. The van der Waals surface area contributed by atoms with E-state index in [2.05, 4.69) is 10.2 Å². The van der Waals surface area contributed by atoms with Gasteiger partial charge in [0.2, 0.25) is 5.91 Å². The molecule has 0 aliphatic heterocycles. The van der Waals surface area contributed by atoms with E-state index in [1.807, 2.05) is 46.8 Å². The molecule has 1 N–H and O–H groups in total. The zero-order valence-corrected chi connectivity index (χ0v) is 15.0. The maximum absolute atomic E-state index is 12.7. The Balaban J connectivity index is 1.79. The molecule has 0 unspecified atom stereocenters. The van der Waals surface area contributed by atoms with Gasteiger partial charge in [-0.3, -0.25) is 14.5 Å². The van der Waals surface area contributed by atoms with E-state index in [-0.39, 0.29) is 12.5 Å². The van der Waals surface area contributed by atoms with Crippen LogP contribution in [0.15, 0.2) is 35.0 Å². The van der Waals surface area contributed by atoms with Crippen LogP contribution in [0.4, 0.5) is 0 Å². The minimum absolute atomic E-state index is 0.0382. The van der Waals surface area contributed by atoms with Crippen LogP contribution in [0.25, 0.3) is 10.7 Å². The minimum atomic E-state index is 0.0382. The fourth-order valence-corrected chi connectivity index (χ4v) is 3.90. The summed E-state index contributed by atoms with van der Waals surface area (Å²) in [5, 5.41) is 11.0. The van der Waals surface area contributed by atoms with Gasteiger partial charge in [0, 0.05) is 11.4 Å². The van der Waals surface area contributed by atoms with Crippen LogP contribution < -0.4 is 0 Å². The van der Waals surface area contributed by atoms with E-state index < -0.39 is 0 Å². The number of nitrogens with one attached hydrogen (secondary N) is 1. The van der Waals surface area contributed by atoms with Gasteiger partial charge in [-0.05, 0) is 42.0 Å². The number of carbonyl (C=O) groups is 1. The second-order valence-corrected chi connectivity index (χ2v) is 7.27. The van der Waals surface area contributed by atoms with Gasteiger partial charge in [-0.25, -0.2) is 0 Å². The highest BCUT2D eigenvalue weighted by atomic mass is 32.1. The minimum Gasteiger partial charge on any atom is -0.336 e. The molecule has 0 bridgehead atoms. The summed E-state index contributed by atoms with van der Waals surface area (Å²) in [6, 6.07) is 7.97. The smallest absolute Gasteiger partial charge is 0.242 e. The van der Waals surface area contributed by atoms with Crippen molar-refractivity contribution in [3.8, 4) is 10.7 Å². The van der Waals surface area contributed by atoms with Crippen molar-refractivity contribution < 1.29 is 4.79 Å². The highest BCUT2D eigenvalue weighted by Gasteiger charge is 2.17. The number of aromatic amines is 1. The lowest BCUT2D eigenvalue weighted by atomic mass is 10.3. The van der Waals surface area contributed by atoms with Gasteiger partial charge in [-0.1, -0.05) is 12.1 Å². The number of hydrogen-bond acceptors (Lipinski definition) is 5. The van der Waals surface area contributed by atoms with Crippen LogP contribution in [0.1, 0.15) is 11.8 Å². The van der Waals surface area contributed by atoms with Crippen LogP contribution in [0, 0.1) is 4.77 Å². The first-order valence-electron chi connectivity index (χ1n) is 7.18. The largest absolute Gasteiger partial charge is 0.336 e. The molecule has 5 nitrogen and oxygen atoms in total. The predicted molar refractivity (Wildman–Crippen MR) is 96.1 cm³/mol. The van der Waals surface area contributed by atoms with E-state index in [1.54, 1.807) is 27.2 Å². The number of likely N-dealkylation sites (N-methyl/N-ethyl adjacent to an activating group) is 1. The average Bonchev–Trinajstić information content (AvgIpc) is 3.28. The summed E-state index contributed by atoms with van der Waals surface area (Å²) in [6.07, 6.45) is 0. The number of aromatic nitrogens is 3. The maximum Gasteiger partial charge on any atom is 0.242 e. The molecule has 1 amide bonds. The van der Waals surface area contributed by atoms with Gasteiger partial charge in [-0.15, -0.1) is 22.7 Å². The van der Waals surface area contributed by atoms with Crippen molar-refractivity contribution in [2.75, 3.05) is 6.54 Å². The van der Waals surface area contributed by atoms with Crippen molar-refractivity contribution in [1.29, 1.82) is 0 Å². The molecule has 0 aromatic carbocycles. The highest BCUT2D eigenvalue weighted by molar-refractivity contribution is 7.71. The van der Waals surface area contributed by atoms with Crippen LogP contribution in [0.3, 0.4) is 0 Å². The average molecular weight is 365 g/mol. The first-order chi connectivity index (χ1) is 11.2.